The van der Waals surface area contributed by atoms with Crippen molar-refractivity contribution >= 4 is 28.6 Å². The molecule has 6 heteroatoms. The van der Waals surface area contributed by atoms with Gasteiger partial charge in [0.1, 0.15) is 5.69 Å². The Bertz CT molecular complexity index is 571. The third-order valence-electron chi connectivity index (χ3n) is 2.33. The van der Waals surface area contributed by atoms with E-state index in [1.54, 1.807) is 24.4 Å². The molecule has 0 N–H and O–H groups in total. The molecule has 5 nitrogen and oxygen atoms in total. The lowest BCUT2D eigenvalue weighted by molar-refractivity contribution is -0.142. The molecule has 0 atom stereocenters. The fourth-order valence-corrected chi connectivity index (χ4v) is 2.61. The number of fused-ring (bicyclic) bond motifs is 1. The minimum Gasteiger partial charge on any atom is -0.466 e. The Hall–Kier alpha value is -1.69. The molecule has 0 saturated carbocycles. The van der Waals surface area contributed by atoms with E-state index in [1.165, 1.54) is 11.3 Å². The molecular formula is C11H12N2O3S. The number of hydrogen-bond acceptors (Lipinski definition) is 5. The van der Waals surface area contributed by atoms with Crippen molar-refractivity contribution in [1.29, 1.82) is 0 Å². The summed E-state index contributed by atoms with van der Waals surface area (Å²) in [4.78, 5) is 28.0. The van der Waals surface area contributed by atoms with Gasteiger partial charge in [-0.2, -0.15) is 0 Å². The Labute approximate surface area is 102 Å². The highest BCUT2D eigenvalue weighted by Gasteiger charge is 2.13. The van der Waals surface area contributed by atoms with Crippen LogP contribution in [0, 0.1) is 6.92 Å². The van der Waals surface area contributed by atoms with Gasteiger partial charge in [-0.1, -0.05) is 0 Å². The number of carbonyl (C=O) groups is 2. The van der Waals surface area contributed by atoms with Gasteiger partial charge in [-0.15, -0.1) is 11.3 Å². The number of nitrogens with zero attached hydrogens (tertiary/aromatic N) is 2. The zero-order valence-corrected chi connectivity index (χ0v) is 10.4. The van der Waals surface area contributed by atoms with Crippen LogP contribution in [0.3, 0.4) is 0 Å². The Kier molecular flexibility index (Phi) is 3.23. The van der Waals surface area contributed by atoms with Gasteiger partial charge >= 0.3 is 5.97 Å². The normalized spacial score (nSPS) is 10.7. The number of imidazole rings is 1. The monoisotopic (exact) mass is 252 g/mol. The maximum atomic E-state index is 11.3. The van der Waals surface area contributed by atoms with E-state index >= 15 is 0 Å². The molecule has 2 aromatic heterocycles. The lowest BCUT2D eigenvalue weighted by Gasteiger charge is -1.97. The van der Waals surface area contributed by atoms with Gasteiger partial charge in [0, 0.05) is 11.1 Å². The van der Waals surface area contributed by atoms with Crippen LogP contribution in [0.1, 0.15) is 28.0 Å². The average Bonchev–Trinajstić information content (AvgIpc) is 2.73. The predicted molar refractivity (Wildman–Crippen MR) is 63.5 cm³/mol. The number of hydrogen-bond donors (Lipinski definition) is 0. The summed E-state index contributed by atoms with van der Waals surface area (Å²) < 4.78 is 6.58. The van der Waals surface area contributed by atoms with E-state index in [1.807, 2.05) is 0 Å². The molecule has 0 spiro atoms. The summed E-state index contributed by atoms with van der Waals surface area (Å²) in [5.74, 6) is -0.263. The zero-order valence-electron chi connectivity index (χ0n) is 9.60. The van der Waals surface area contributed by atoms with Gasteiger partial charge in [-0.25, -0.2) is 4.98 Å². The van der Waals surface area contributed by atoms with Gasteiger partial charge in [-0.3, -0.25) is 14.0 Å². The van der Waals surface area contributed by atoms with Crippen LogP contribution in [0.5, 0.6) is 0 Å². The van der Waals surface area contributed by atoms with Crippen molar-refractivity contribution < 1.29 is 14.3 Å². The summed E-state index contributed by atoms with van der Waals surface area (Å²) in [6.07, 6.45) is 2.76. The standard InChI is InChI=1S/C11H12N2O3S/c1-3-16-10(15)4-8-5-13-9(6-14)7(2)12-11(13)17-8/h5-6H,3-4H2,1-2H3. The molecule has 0 aliphatic heterocycles. The first-order chi connectivity index (χ1) is 8.15. The molecule has 0 aliphatic rings. The van der Waals surface area contributed by atoms with Crippen LogP contribution in [0.25, 0.3) is 4.96 Å². The third-order valence-corrected chi connectivity index (χ3v) is 3.31. The van der Waals surface area contributed by atoms with E-state index in [0.29, 0.717) is 18.0 Å². The topological polar surface area (TPSA) is 60.7 Å². The summed E-state index contributed by atoms with van der Waals surface area (Å²) in [7, 11) is 0. The van der Waals surface area contributed by atoms with Gasteiger partial charge in [0.15, 0.2) is 11.2 Å². The van der Waals surface area contributed by atoms with E-state index in [4.69, 9.17) is 4.74 Å². The molecule has 2 heterocycles. The molecule has 0 unspecified atom stereocenters. The van der Waals surface area contributed by atoms with Crippen LogP contribution >= 0.6 is 11.3 Å². The molecule has 2 rings (SSSR count). The first-order valence-electron chi connectivity index (χ1n) is 5.24. The molecule has 0 fully saturated rings. The summed E-state index contributed by atoms with van der Waals surface area (Å²) in [6, 6.07) is 0. The van der Waals surface area contributed by atoms with E-state index in [2.05, 4.69) is 4.98 Å². The number of rotatable bonds is 4. The smallest absolute Gasteiger partial charge is 0.311 e. The number of aldehydes is 1. The number of thiazole rings is 1. The number of aryl methyl sites for hydroxylation is 1. The van der Waals surface area contributed by atoms with Gasteiger partial charge in [-0.05, 0) is 13.8 Å². The van der Waals surface area contributed by atoms with Gasteiger partial charge in [0.2, 0.25) is 0 Å². The quantitative estimate of drug-likeness (QED) is 0.613. The lowest BCUT2D eigenvalue weighted by Crippen LogP contribution is -2.06. The van der Waals surface area contributed by atoms with E-state index in [9.17, 15) is 9.59 Å². The second kappa shape index (κ2) is 4.67. The van der Waals surface area contributed by atoms with Crippen molar-refractivity contribution in [1.82, 2.24) is 9.38 Å². The fourth-order valence-electron chi connectivity index (χ4n) is 1.59. The largest absolute Gasteiger partial charge is 0.466 e. The summed E-state index contributed by atoms with van der Waals surface area (Å²) in [6.45, 7) is 3.93. The fraction of sp³-hybridized carbons (Fsp3) is 0.364. The van der Waals surface area contributed by atoms with Crippen LogP contribution in [0.4, 0.5) is 0 Å². The van der Waals surface area contributed by atoms with Crippen molar-refractivity contribution in [3.05, 3.63) is 22.5 Å². The molecule has 0 radical (unpaired) electrons. The molecular weight excluding hydrogens is 240 g/mol. The Balaban J connectivity index is 2.29. The molecule has 90 valence electrons. The highest BCUT2D eigenvalue weighted by atomic mass is 32.1. The molecule has 2 aromatic rings. The highest BCUT2D eigenvalue weighted by Crippen LogP contribution is 2.21. The Morgan fingerprint density at radius 1 is 1.65 bits per heavy atom. The maximum Gasteiger partial charge on any atom is 0.311 e. The number of esters is 1. The van der Waals surface area contributed by atoms with Gasteiger partial charge in [0.05, 0.1) is 18.7 Å². The summed E-state index contributed by atoms with van der Waals surface area (Å²) in [5, 5.41) is 0. The Morgan fingerprint density at radius 3 is 3.06 bits per heavy atom. The van der Waals surface area contributed by atoms with E-state index in [0.717, 1.165) is 16.1 Å². The predicted octanol–water partition coefficient (Wildman–Crippen LogP) is 1.62. The second-order valence-corrected chi connectivity index (χ2v) is 4.63. The first-order valence-corrected chi connectivity index (χ1v) is 6.05. The number of carbonyl (C=O) groups excluding carboxylic acids is 2. The zero-order chi connectivity index (χ0) is 12.4. The van der Waals surface area contributed by atoms with Gasteiger partial charge in [0.25, 0.3) is 0 Å². The van der Waals surface area contributed by atoms with Crippen molar-refractivity contribution in [2.45, 2.75) is 20.3 Å². The van der Waals surface area contributed by atoms with Crippen molar-refractivity contribution in [3.8, 4) is 0 Å². The lowest BCUT2D eigenvalue weighted by atomic mass is 10.3. The van der Waals surface area contributed by atoms with Crippen molar-refractivity contribution in [3.63, 3.8) is 0 Å². The summed E-state index contributed by atoms with van der Waals surface area (Å²) in [5.41, 5.74) is 1.24. The molecule has 0 bridgehead atoms. The van der Waals surface area contributed by atoms with Crippen LogP contribution in [0.15, 0.2) is 6.20 Å². The van der Waals surface area contributed by atoms with Crippen LogP contribution in [-0.2, 0) is 16.0 Å². The molecule has 0 aromatic carbocycles. The second-order valence-electron chi connectivity index (χ2n) is 3.53. The molecule has 0 amide bonds. The maximum absolute atomic E-state index is 11.3. The van der Waals surface area contributed by atoms with Crippen molar-refractivity contribution in [2.75, 3.05) is 6.61 Å². The SMILES string of the molecule is CCOC(=O)Cc1cn2c(C=O)c(C)nc2s1. The molecule has 0 aliphatic carbocycles. The number of aromatic nitrogens is 2. The average molecular weight is 252 g/mol. The minimum atomic E-state index is -0.263. The van der Waals surface area contributed by atoms with Crippen LogP contribution in [0.2, 0.25) is 0 Å². The summed E-state index contributed by atoms with van der Waals surface area (Å²) >= 11 is 1.39. The molecule has 0 saturated heterocycles. The number of ether oxygens (including phenoxy) is 1. The van der Waals surface area contributed by atoms with Crippen LogP contribution in [-0.4, -0.2) is 28.2 Å². The van der Waals surface area contributed by atoms with Gasteiger partial charge < -0.3 is 4.74 Å². The minimum absolute atomic E-state index is 0.221. The molecule has 17 heavy (non-hydrogen) atoms. The van der Waals surface area contributed by atoms with E-state index < -0.39 is 0 Å². The van der Waals surface area contributed by atoms with Crippen LogP contribution < -0.4 is 0 Å². The van der Waals surface area contributed by atoms with Crippen molar-refractivity contribution in [2.24, 2.45) is 0 Å². The highest BCUT2D eigenvalue weighted by molar-refractivity contribution is 7.17. The first kappa shape index (κ1) is 11.8. The van der Waals surface area contributed by atoms with E-state index in [-0.39, 0.29) is 12.4 Å². The Morgan fingerprint density at radius 2 is 2.41 bits per heavy atom. The third kappa shape index (κ3) is 2.21.